The number of rotatable bonds is 6. The van der Waals surface area contributed by atoms with Crippen LogP contribution in [0.3, 0.4) is 0 Å². The van der Waals surface area contributed by atoms with Gasteiger partial charge in [0, 0.05) is 37.0 Å². The molecule has 2 rings (SSSR count). The summed E-state index contributed by atoms with van der Waals surface area (Å²) >= 11 is 3.45. The number of pyridine rings is 1. The summed E-state index contributed by atoms with van der Waals surface area (Å²) in [5, 5.41) is 13.5. The number of aliphatic hydroxyl groups excluding tert-OH is 1. The van der Waals surface area contributed by atoms with Gasteiger partial charge in [0.05, 0.1) is 12.6 Å². The first-order valence-electron chi connectivity index (χ1n) is 7.92. The van der Waals surface area contributed by atoms with Crippen molar-refractivity contribution in [3.8, 4) is 0 Å². The zero-order valence-electron chi connectivity index (χ0n) is 14.4. The van der Waals surface area contributed by atoms with Crippen LogP contribution >= 0.6 is 39.9 Å². The van der Waals surface area contributed by atoms with Crippen molar-refractivity contribution in [1.29, 1.82) is 0 Å². The van der Waals surface area contributed by atoms with Gasteiger partial charge in [-0.3, -0.25) is 9.98 Å². The van der Waals surface area contributed by atoms with Gasteiger partial charge in [0.25, 0.3) is 0 Å². The van der Waals surface area contributed by atoms with E-state index in [1.807, 2.05) is 31.0 Å². The molecule has 1 aromatic carbocycles. The summed E-state index contributed by atoms with van der Waals surface area (Å²) in [5.74, 6) is 0.772. The highest BCUT2D eigenvalue weighted by Crippen LogP contribution is 2.13. The van der Waals surface area contributed by atoms with Crippen LogP contribution in [-0.2, 0) is 6.54 Å². The van der Waals surface area contributed by atoms with Gasteiger partial charge in [0.1, 0.15) is 0 Å². The van der Waals surface area contributed by atoms with E-state index in [-0.39, 0.29) is 24.0 Å². The van der Waals surface area contributed by atoms with Crippen LogP contribution in [0.5, 0.6) is 0 Å². The number of aliphatic hydroxyl groups is 1. The van der Waals surface area contributed by atoms with Gasteiger partial charge < -0.3 is 15.3 Å². The maximum atomic E-state index is 10.3. The minimum atomic E-state index is -0.636. The molecular formula is C18H24BrIN4O. The molecule has 0 aliphatic rings. The molecular weight excluding hydrogens is 495 g/mol. The summed E-state index contributed by atoms with van der Waals surface area (Å²) in [6, 6.07) is 11.8. The van der Waals surface area contributed by atoms with Crippen molar-refractivity contribution in [2.24, 2.45) is 4.99 Å². The quantitative estimate of drug-likeness (QED) is 0.348. The van der Waals surface area contributed by atoms with Gasteiger partial charge in [-0.15, -0.1) is 24.0 Å². The van der Waals surface area contributed by atoms with Gasteiger partial charge >= 0.3 is 0 Å². The number of hydrogen-bond donors (Lipinski definition) is 2. The predicted molar refractivity (Wildman–Crippen MR) is 116 cm³/mol. The van der Waals surface area contributed by atoms with Crippen LogP contribution in [-0.4, -0.2) is 41.1 Å². The molecule has 1 atom stereocenters. The molecule has 1 unspecified atom stereocenters. The average molecular weight is 519 g/mol. The average Bonchev–Trinajstić information content (AvgIpc) is 2.61. The second-order valence-electron chi connectivity index (χ2n) is 5.47. The molecule has 0 spiro atoms. The van der Waals surface area contributed by atoms with Crippen molar-refractivity contribution in [2.75, 3.05) is 20.1 Å². The number of benzene rings is 1. The van der Waals surface area contributed by atoms with E-state index in [0.717, 1.165) is 29.1 Å². The Bertz CT molecular complexity index is 652. The Balaban J connectivity index is 0.00000312. The Labute approximate surface area is 174 Å². The van der Waals surface area contributed by atoms with E-state index in [0.29, 0.717) is 6.54 Å². The lowest BCUT2D eigenvalue weighted by Gasteiger charge is -2.22. The Morgan fingerprint density at radius 2 is 1.88 bits per heavy atom. The molecule has 0 saturated carbocycles. The van der Waals surface area contributed by atoms with Crippen LogP contribution in [0.1, 0.15) is 24.2 Å². The van der Waals surface area contributed by atoms with Gasteiger partial charge in [0.15, 0.2) is 5.96 Å². The van der Waals surface area contributed by atoms with E-state index in [4.69, 9.17) is 0 Å². The Hall–Kier alpha value is -1.19. The van der Waals surface area contributed by atoms with Crippen LogP contribution in [0.4, 0.5) is 0 Å². The standard InChI is InChI=1S/C18H23BrN4O.HI/c1-3-21-18(22-12-17(24)15-8-10-20-11-9-15)23(2)13-14-4-6-16(19)7-5-14;/h4-11,17,24H,3,12-13H2,1-2H3,(H,21,22);1H. The minimum absolute atomic E-state index is 0. The molecule has 0 amide bonds. The number of nitrogens with one attached hydrogen (secondary N) is 1. The molecule has 1 aromatic heterocycles. The monoisotopic (exact) mass is 518 g/mol. The van der Waals surface area contributed by atoms with Gasteiger partial charge in [-0.1, -0.05) is 28.1 Å². The topological polar surface area (TPSA) is 60.8 Å². The Kier molecular flexibility index (Phi) is 9.99. The zero-order chi connectivity index (χ0) is 17.4. The minimum Gasteiger partial charge on any atom is -0.386 e. The Morgan fingerprint density at radius 1 is 1.24 bits per heavy atom. The van der Waals surface area contributed by atoms with Crippen molar-refractivity contribution in [1.82, 2.24) is 15.2 Å². The van der Waals surface area contributed by atoms with Crippen molar-refractivity contribution in [2.45, 2.75) is 19.6 Å². The maximum absolute atomic E-state index is 10.3. The number of aliphatic imine (C=N–C) groups is 1. The van der Waals surface area contributed by atoms with Crippen molar-refractivity contribution >= 4 is 45.9 Å². The van der Waals surface area contributed by atoms with Gasteiger partial charge in [-0.2, -0.15) is 0 Å². The fourth-order valence-corrected chi connectivity index (χ4v) is 2.54. The zero-order valence-corrected chi connectivity index (χ0v) is 18.3. The lowest BCUT2D eigenvalue weighted by molar-refractivity contribution is 0.186. The fraction of sp³-hybridized carbons (Fsp3) is 0.333. The molecule has 0 fully saturated rings. The van der Waals surface area contributed by atoms with Gasteiger partial charge in [-0.05, 0) is 42.3 Å². The number of aromatic nitrogens is 1. The van der Waals surface area contributed by atoms with E-state index in [1.54, 1.807) is 24.5 Å². The fourth-order valence-electron chi connectivity index (χ4n) is 2.27. The van der Waals surface area contributed by atoms with Crippen molar-refractivity contribution < 1.29 is 5.11 Å². The SMILES string of the molecule is CCNC(=NCC(O)c1ccncc1)N(C)Cc1ccc(Br)cc1.I. The smallest absolute Gasteiger partial charge is 0.194 e. The van der Waals surface area contributed by atoms with Crippen LogP contribution in [0.25, 0.3) is 0 Å². The van der Waals surface area contributed by atoms with E-state index >= 15 is 0 Å². The third kappa shape index (κ3) is 7.29. The molecule has 2 N–H and O–H groups in total. The second-order valence-corrected chi connectivity index (χ2v) is 6.39. The molecule has 0 aliphatic carbocycles. The predicted octanol–water partition coefficient (Wildman–Crippen LogP) is 3.59. The van der Waals surface area contributed by atoms with Crippen LogP contribution in [0, 0.1) is 0 Å². The van der Waals surface area contributed by atoms with E-state index in [2.05, 4.69) is 43.4 Å². The largest absolute Gasteiger partial charge is 0.386 e. The highest BCUT2D eigenvalue weighted by molar-refractivity contribution is 14.0. The summed E-state index contributed by atoms with van der Waals surface area (Å²) < 4.78 is 1.06. The lowest BCUT2D eigenvalue weighted by Crippen LogP contribution is -2.38. The van der Waals surface area contributed by atoms with E-state index < -0.39 is 6.10 Å². The molecule has 1 heterocycles. The van der Waals surface area contributed by atoms with E-state index in [1.165, 1.54) is 5.56 Å². The number of nitrogens with zero attached hydrogens (tertiary/aromatic N) is 3. The summed E-state index contributed by atoms with van der Waals surface area (Å²) in [6.07, 6.45) is 2.71. The highest BCUT2D eigenvalue weighted by atomic mass is 127. The molecule has 2 aromatic rings. The molecule has 5 nitrogen and oxygen atoms in total. The van der Waals surface area contributed by atoms with Crippen LogP contribution in [0.2, 0.25) is 0 Å². The van der Waals surface area contributed by atoms with Crippen molar-refractivity contribution in [3.63, 3.8) is 0 Å². The summed E-state index contributed by atoms with van der Waals surface area (Å²) in [7, 11) is 1.99. The normalized spacial score (nSPS) is 12.2. The van der Waals surface area contributed by atoms with Gasteiger partial charge in [0.2, 0.25) is 0 Å². The second kappa shape index (κ2) is 11.4. The summed E-state index contributed by atoms with van der Waals surface area (Å²) in [5.41, 5.74) is 2.01. The first-order chi connectivity index (χ1) is 11.6. The van der Waals surface area contributed by atoms with E-state index in [9.17, 15) is 5.11 Å². The maximum Gasteiger partial charge on any atom is 0.194 e. The first-order valence-corrected chi connectivity index (χ1v) is 8.71. The number of halogens is 2. The molecule has 136 valence electrons. The third-order valence-corrected chi connectivity index (χ3v) is 4.06. The Morgan fingerprint density at radius 3 is 2.48 bits per heavy atom. The number of hydrogen-bond acceptors (Lipinski definition) is 3. The van der Waals surface area contributed by atoms with Gasteiger partial charge in [-0.25, -0.2) is 0 Å². The molecule has 0 radical (unpaired) electrons. The summed E-state index contributed by atoms with van der Waals surface area (Å²) in [6.45, 7) is 3.85. The molecule has 25 heavy (non-hydrogen) atoms. The number of guanidine groups is 1. The van der Waals surface area contributed by atoms with Crippen LogP contribution in [0.15, 0.2) is 58.3 Å². The lowest BCUT2D eigenvalue weighted by atomic mass is 10.1. The third-order valence-electron chi connectivity index (χ3n) is 3.53. The molecule has 0 bridgehead atoms. The summed E-state index contributed by atoms with van der Waals surface area (Å²) in [4.78, 5) is 10.6. The van der Waals surface area contributed by atoms with Crippen LogP contribution < -0.4 is 5.32 Å². The van der Waals surface area contributed by atoms with Crippen molar-refractivity contribution in [3.05, 3.63) is 64.4 Å². The molecule has 0 saturated heterocycles. The molecule has 0 aliphatic heterocycles. The first kappa shape index (κ1) is 21.9. The molecule has 7 heteroatoms. The highest BCUT2D eigenvalue weighted by Gasteiger charge is 2.10.